The molecule has 2 atom stereocenters. The fourth-order valence-electron chi connectivity index (χ4n) is 3.43. The molecule has 0 unspecified atom stereocenters. The lowest BCUT2D eigenvalue weighted by Gasteiger charge is -2.38. The highest BCUT2D eigenvalue weighted by Gasteiger charge is 2.43. The number of rotatable bonds is 3. The maximum absolute atomic E-state index is 13.1. The van der Waals surface area contributed by atoms with Crippen molar-refractivity contribution in [1.82, 2.24) is 0 Å². The number of carbonyl (C=O) groups excluding carboxylic acids is 2. The lowest BCUT2D eigenvalue weighted by molar-refractivity contribution is 0.0971. The molecule has 0 radical (unpaired) electrons. The number of para-hydroxylation sites is 1. The van der Waals surface area contributed by atoms with E-state index in [2.05, 4.69) is 15.9 Å². The van der Waals surface area contributed by atoms with Gasteiger partial charge in [0.1, 0.15) is 11.4 Å². The second-order valence-corrected chi connectivity index (χ2v) is 7.54. The molecule has 3 aromatic carbocycles. The summed E-state index contributed by atoms with van der Waals surface area (Å²) in [5.41, 5.74) is 2.84. The number of ketones is 1. The Hall–Kier alpha value is -2.92. The quantitative estimate of drug-likeness (QED) is 0.508. The van der Waals surface area contributed by atoms with Crippen molar-refractivity contribution in [2.24, 2.45) is 0 Å². The molecule has 1 heterocycles. The standard InChI is InChI=1S/C23H18BrNO3/c24-20-21(17-11-5-2-6-12-17)25(19-14-8-7-13-18(19)22(20)26)23(27)28-15-16-9-3-1-4-10-16/h1-14,20-21H,15H2/t20-,21-/m1/s1. The van der Waals surface area contributed by atoms with Crippen LogP contribution < -0.4 is 4.90 Å². The van der Waals surface area contributed by atoms with Crippen LogP contribution in [0.25, 0.3) is 0 Å². The second kappa shape index (κ2) is 7.98. The van der Waals surface area contributed by atoms with Crippen LogP contribution in [0.1, 0.15) is 27.5 Å². The lowest BCUT2D eigenvalue weighted by Crippen LogP contribution is -2.46. The van der Waals surface area contributed by atoms with E-state index in [1.807, 2.05) is 66.7 Å². The van der Waals surface area contributed by atoms with Gasteiger partial charge < -0.3 is 4.74 Å². The monoisotopic (exact) mass is 435 g/mol. The summed E-state index contributed by atoms with van der Waals surface area (Å²) in [5, 5.41) is 0. The van der Waals surface area contributed by atoms with Crippen LogP contribution in [0.2, 0.25) is 0 Å². The van der Waals surface area contributed by atoms with Gasteiger partial charge in [0.25, 0.3) is 0 Å². The summed E-state index contributed by atoms with van der Waals surface area (Å²) in [4.78, 5) is 27.1. The van der Waals surface area contributed by atoms with Gasteiger partial charge in [0, 0.05) is 5.56 Å². The SMILES string of the molecule is O=C1c2ccccc2N(C(=O)OCc2ccccc2)[C@H](c2ccccc2)[C@H]1Br. The topological polar surface area (TPSA) is 46.6 Å². The third-order valence-electron chi connectivity index (χ3n) is 4.78. The van der Waals surface area contributed by atoms with Crippen LogP contribution in [-0.2, 0) is 11.3 Å². The summed E-state index contributed by atoms with van der Waals surface area (Å²) in [5.74, 6) is -0.0448. The summed E-state index contributed by atoms with van der Waals surface area (Å²) >= 11 is 3.53. The predicted molar refractivity (Wildman–Crippen MR) is 112 cm³/mol. The molecule has 4 rings (SSSR count). The molecule has 140 valence electrons. The molecular weight excluding hydrogens is 418 g/mol. The van der Waals surface area contributed by atoms with Crippen LogP contribution >= 0.6 is 15.9 Å². The van der Waals surface area contributed by atoms with Crippen molar-refractivity contribution >= 4 is 33.5 Å². The number of benzene rings is 3. The number of hydrogen-bond acceptors (Lipinski definition) is 3. The van der Waals surface area contributed by atoms with Gasteiger partial charge in [-0.2, -0.15) is 0 Å². The first-order valence-electron chi connectivity index (χ1n) is 8.99. The average molecular weight is 436 g/mol. The van der Waals surface area contributed by atoms with Gasteiger partial charge >= 0.3 is 6.09 Å². The minimum absolute atomic E-state index is 0.0448. The Kier molecular flexibility index (Phi) is 5.26. The zero-order valence-corrected chi connectivity index (χ0v) is 16.6. The first-order chi connectivity index (χ1) is 13.7. The average Bonchev–Trinajstić information content (AvgIpc) is 2.75. The van der Waals surface area contributed by atoms with Gasteiger partial charge in [-0.15, -0.1) is 0 Å². The number of anilines is 1. The van der Waals surface area contributed by atoms with Crippen LogP contribution in [0.4, 0.5) is 10.5 Å². The Morgan fingerprint density at radius 1 is 0.893 bits per heavy atom. The van der Waals surface area contributed by atoms with Crippen LogP contribution in [0.15, 0.2) is 84.9 Å². The van der Waals surface area contributed by atoms with Crippen LogP contribution in [-0.4, -0.2) is 16.7 Å². The number of carbonyl (C=O) groups is 2. The molecule has 0 spiro atoms. The lowest BCUT2D eigenvalue weighted by atomic mass is 9.90. The van der Waals surface area contributed by atoms with E-state index >= 15 is 0 Å². The third kappa shape index (κ3) is 3.45. The van der Waals surface area contributed by atoms with Gasteiger partial charge in [0.2, 0.25) is 0 Å². The zero-order valence-electron chi connectivity index (χ0n) is 15.0. The molecular formula is C23H18BrNO3. The van der Waals surface area contributed by atoms with E-state index in [0.29, 0.717) is 11.3 Å². The van der Waals surface area contributed by atoms with Gasteiger partial charge in [0.15, 0.2) is 5.78 Å². The summed E-state index contributed by atoms with van der Waals surface area (Å²) in [7, 11) is 0. The summed E-state index contributed by atoms with van der Waals surface area (Å²) in [6, 6.07) is 25.7. The van der Waals surface area contributed by atoms with Crippen molar-refractivity contribution in [3.8, 4) is 0 Å². The number of nitrogens with zero attached hydrogens (tertiary/aromatic N) is 1. The van der Waals surface area contributed by atoms with Crippen molar-refractivity contribution in [2.45, 2.75) is 17.5 Å². The largest absolute Gasteiger partial charge is 0.444 e. The Morgan fingerprint density at radius 3 is 2.21 bits per heavy atom. The Labute approximate surface area is 171 Å². The highest BCUT2D eigenvalue weighted by molar-refractivity contribution is 9.10. The summed E-state index contributed by atoms with van der Waals surface area (Å²) < 4.78 is 5.61. The molecule has 0 N–H and O–H groups in total. The molecule has 0 fully saturated rings. The molecule has 5 heteroatoms. The fraction of sp³-hybridized carbons (Fsp3) is 0.130. The number of halogens is 1. The van der Waals surface area contributed by atoms with Crippen molar-refractivity contribution in [1.29, 1.82) is 0 Å². The molecule has 3 aromatic rings. The van der Waals surface area contributed by atoms with Gasteiger partial charge in [-0.05, 0) is 23.3 Å². The fourth-order valence-corrected chi connectivity index (χ4v) is 4.22. The van der Waals surface area contributed by atoms with Crippen molar-refractivity contribution in [3.05, 3.63) is 102 Å². The van der Waals surface area contributed by atoms with E-state index in [1.54, 1.807) is 23.1 Å². The van der Waals surface area contributed by atoms with Crippen molar-refractivity contribution < 1.29 is 14.3 Å². The maximum Gasteiger partial charge on any atom is 0.415 e. The van der Waals surface area contributed by atoms with E-state index in [0.717, 1.165) is 11.1 Å². The van der Waals surface area contributed by atoms with Gasteiger partial charge in [-0.3, -0.25) is 9.69 Å². The normalized spacial score (nSPS) is 18.5. The summed E-state index contributed by atoms with van der Waals surface area (Å²) in [6.07, 6.45) is -0.484. The number of ether oxygens (including phenoxy) is 1. The number of amides is 1. The van der Waals surface area contributed by atoms with Gasteiger partial charge in [-0.25, -0.2) is 4.79 Å². The second-order valence-electron chi connectivity index (χ2n) is 6.55. The van der Waals surface area contributed by atoms with Crippen LogP contribution in [0, 0.1) is 0 Å². The zero-order chi connectivity index (χ0) is 19.5. The van der Waals surface area contributed by atoms with E-state index in [1.165, 1.54) is 0 Å². The molecule has 28 heavy (non-hydrogen) atoms. The molecule has 1 amide bonds. The third-order valence-corrected chi connectivity index (χ3v) is 5.69. The molecule has 0 bridgehead atoms. The molecule has 0 saturated carbocycles. The number of hydrogen-bond donors (Lipinski definition) is 0. The Balaban J connectivity index is 1.72. The predicted octanol–water partition coefficient (Wildman–Crippen LogP) is 5.53. The highest BCUT2D eigenvalue weighted by atomic mass is 79.9. The van der Waals surface area contributed by atoms with Gasteiger partial charge in [-0.1, -0.05) is 88.7 Å². The maximum atomic E-state index is 13.1. The molecule has 1 aliphatic rings. The minimum Gasteiger partial charge on any atom is -0.444 e. The first kappa shape index (κ1) is 18.4. The molecule has 0 saturated heterocycles. The van der Waals surface area contributed by atoms with E-state index < -0.39 is 17.0 Å². The number of Topliss-reactive ketones (excluding diaryl/α,β-unsaturated/α-hetero) is 1. The smallest absolute Gasteiger partial charge is 0.415 e. The van der Waals surface area contributed by atoms with Crippen LogP contribution in [0.3, 0.4) is 0 Å². The van der Waals surface area contributed by atoms with E-state index in [-0.39, 0.29) is 12.4 Å². The van der Waals surface area contributed by atoms with E-state index in [9.17, 15) is 9.59 Å². The van der Waals surface area contributed by atoms with Gasteiger partial charge in [0.05, 0.1) is 11.7 Å². The highest BCUT2D eigenvalue weighted by Crippen LogP contribution is 2.42. The van der Waals surface area contributed by atoms with Crippen molar-refractivity contribution in [2.75, 3.05) is 4.90 Å². The molecule has 1 aliphatic heterocycles. The Morgan fingerprint density at radius 2 is 1.50 bits per heavy atom. The van der Waals surface area contributed by atoms with E-state index in [4.69, 9.17) is 4.74 Å². The minimum atomic E-state index is -0.561. The molecule has 4 nitrogen and oxygen atoms in total. The summed E-state index contributed by atoms with van der Waals surface area (Å²) in [6.45, 7) is 0.167. The van der Waals surface area contributed by atoms with Crippen LogP contribution in [0.5, 0.6) is 0 Å². The number of fused-ring (bicyclic) bond motifs is 1. The Bertz CT molecular complexity index is 991. The number of alkyl halides is 1. The van der Waals surface area contributed by atoms with Crippen molar-refractivity contribution in [3.63, 3.8) is 0 Å². The molecule has 0 aliphatic carbocycles. The molecule has 0 aromatic heterocycles. The first-order valence-corrected chi connectivity index (χ1v) is 9.90.